The van der Waals surface area contributed by atoms with Gasteiger partial charge in [0.05, 0.1) is 5.69 Å². The number of rotatable bonds is 1. The minimum absolute atomic E-state index is 0.645. The summed E-state index contributed by atoms with van der Waals surface area (Å²) in [5.74, 6) is 2.45. The SMILES string of the molecule is Cc1cc(C2=CC[C@@H]3CCNC[C@H]23)on1. The van der Waals surface area contributed by atoms with Gasteiger partial charge in [0.1, 0.15) is 0 Å². The fourth-order valence-corrected chi connectivity index (χ4v) is 2.77. The second-order valence-corrected chi connectivity index (χ2v) is 4.59. The van der Waals surface area contributed by atoms with Crippen molar-refractivity contribution >= 4 is 5.57 Å². The van der Waals surface area contributed by atoms with Gasteiger partial charge in [-0.25, -0.2) is 0 Å². The quantitative estimate of drug-likeness (QED) is 0.760. The average Bonchev–Trinajstić information content (AvgIpc) is 2.83. The van der Waals surface area contributed by atoms with E-state index < -0.39 is 0 Å². The van der Waals surface area contributed by atoms with Crippen LogP contribution in [0.2, 0.25) is 0 Å². The van der Waals surface area contributed by atoms with Crippen molar-refractivity contribution in [1.29, 1.82) is 0 Å². The van der Waals surface area contributed by atoms with E-state index in [0.717, 1.165) is 30.5 Å². The average molecular weight is 204 g/mol. The minimum atomic E-state index is 0.645. The number of aryl methyl sites for hydroxylation is 1. The predicted octanol–water partition coefficient (Wildman–Crippen LogP) is 2.00. The predicted molar refractivity (Wildman–Crippen MR) is 58.3 cm³/mol. The molecule has 3 rings (SSSR count). The van der Waals surface area contributed by atoms with E-state index in [-0.39, 0.29) is 0 Å². The van der Waals surface area contributed by atoms with Crippen molar-refractivity contribution < 1.29 is 4.52 Å². The summed E-state index contributed by atoms with van der Waals surface area (Å²) in [5, 5.41) is 7.42. The number of nitrogens with one attached hydrogen (secondary N) is 1. The molecular formula is C12H16N2O. The lowest BCUT2D eigenvalue weighted by molar-refractivity contribution is 0.321. The summed E-state index contributed by atoms with van der Waals surface area (Å²) < 4.78 is 5.35. The molecule has 1 saturated heterocycles. The first-order valence-electron chi connectivity index (χ1n) is 5.69. The number of aromatic nitrogens is 1. The molecule has 0 bridgehead atoms. The number of allylic oxidation sites excluding steroid dienone is 1. The van der Waals surface area contributed by atoms with Crippen LogP contribution in [0.5, 0.6) is 0 Å². The number of hydrogen-bond acceptors (Lipinski definition) is 3. The summed E-state index contributed by atoms with van der Waals surface area (Å²) in [5.41, 5.74) is 2.34. The maximum Gasteiger partial charge on any atom is 0.163 e. The Hall–Kier alpha value is -1.09. The van der Waals surface area contributed by atoms with Crippen molar-refractivity contribution in [2.24, 2.45) is 11.8 Å². The minimum Gasteiger partial charge on any atom is -0.356 e. The molecule has 3 heteroatoms. The van der Waals surface area contributed by atoms with Crippen molar-refractivity contribution in [1.82, 2.24) is 10.5 Å². The van der Waals surface area contributed by atoms with Gasteiger partial charge in [0, 0.05) is 18.5 Å². The van der Waals surface area contributed by atoms with E-state index in [0.29, 0.717) is 5.92 Å². The van der Waals surface area contributed by atoms with E-state index in [4.69, 9.17) is 4.52 Å². The summed E-state index contributed by atoms with van der Waals surface area (Å²) in [6.07, 6.45) is 4.83. The Bertz CT molecular complexity index is 394. The zero-order valence-electron chi connectivity index (χ0n) is 8.99. The molecule has 0 spiro atoms. The normalized spacial score (nSPS) is 30.1. The summed E-state index contributed by atoms with van der Waals surface area (Å²) >= 11 is 0. The smallest absolute Gasteiger partial charge is 0.163 e. The molecule has 2 atom stereocenters. The summed E-state index contributed by atoms with van der Waals surface area (Å²) in [7, 11) is 0. The molecule has 0 radical (unpaired) electrons. The van der Waals surface area contributed by atoms with Gasteiger partial charge < -0.3 is 9.84 Å². The molecular weight excluding hydrogens is 188 g/mol. The van der Waals surface area contributed by atoms with Crippen LogP contribution in [0, 0.1) is 18.8 Å². The van der Waals surface area contributed by atoms with Crippen LogP contribution in [-0.2, 0) is 0 Å². The molecule has 1 N–H and O–H groups in total. The van der Waals surface area contributed by atoms with E-state index in [9.17, 15) is 0 Å². The summed E-state index contributed by atoms with van der Waals surface area (Å²) in [6, 6.07) is 2.04. The molecule has 0 unspecified atom stereocenters. The Kier molecular flexibility index (Phi) is 2.13. The third-order valence-corrected chi connectivity index (χ3v) is 3.58. The van der Waals surface area contributed by atoms with Gasteiger partial charge in [0.2, 0.25) is 0 Å². The number of fused-ring (bicyclic) bond motifs is 1. The van der Waals surface area contributed by atoms with Gasteiger partial charge in [-0.05, 0) is 37.8 Å². The van der Waals surface area contributed by atoms with Gasteiger partial charge in [-0.3, -0.25) is 0 Å². The maximum absolute atomic E-state index is 5.35. The van der Waals surface area contributed by atoms with Gasteiger partial charge in [-0.1, -0.05) is 11.2 Å². The lowest BCUT2D eigenvalue weighted by Crippen LogP contribution is -2.34. The molecule has 2 heterocycles. The molecule has 0 saturated carbocycles. The number of hydrogen-bond donors (Lipinski definition) is 1. The van der Waals surface area contributed by atoms with E-state index in [2.05, 4.69) is 16.5 Å². The van der Waals surface area contributed by atoms with E-state index >= 15 is 0 Å². The molecule has 2 aliphatic rings. The van der Waals surface area contributed by atoms with Gasteiger partial charge in [-0.2, -0.15) is 0 Å². The molecule has 1 aliphatic carbocycles. The fourth-order valence-electron chi connectivity index (χ4n) is 2.77. The lowest BCUT2D eigenvalue weighted by Gasteiger charge is -2.27. The first-order valence-corrected chi connectivity index (χ1v) is 5.69. The molecule has 15 heavy (non-hydrogen) atoms. The van der Waals surface area contributed by atoms with Crippen LogP contribution in [0.4, 0.5) is 0 Å². The van der Waals surface area contributed by atoms with E-state index in [1.807, 2.05) is 13.0 Å². The van der Waals surface area contributed by atoms with Crippen molar-refractivity contribution in [3.63, 3.8) is 0 Å². The van der Waals surface area contributed by atoms with Crippen LogP contribution in [0.1, 0.15) is 24.3 Å². The topological polar surface area (TPSA) is 38.1 Å². The molecule has 0 amide bonds. The van der Waals surface area contributed by atoms with Crippen LogP contribution < -0.4 is 5.32 Å². The molecule has 1 aliphatic heterocycles. The zero-order chi connectivity index (χ0) is 10.3. The molecule has 1 fully saturated rings. The van der Waals surface area contributed by atoms with E-state index in [1.165, 1.54) is 18.4 Å². The molecule has 3 nitrogen and oxygen atoms in total. The third-order valence-electron chi connectivity index (χ3n) is 3.58. The molecule has 0 aromatic carbocycles. The van der Waals surface area contributed by atoms with Crippen LogP contribution in [-0.4, -0.2) is 18.2 Å². The third kappa shape index (κ3) is 1.51. The standard InChI is InChI=1S/C12H16N2O/c1-8-6-12(15-14-8)10-3-2-9-4-5-13-7-11(9)10/h3,6,9,11,13H,2,4-5,7H2,1H3/t9-,11+/m1/s1. The highest BCUT2D eigenvalue weighted by molar-refractivity contribution is 5.66. The van der Waals surface area contributed by atoms with Crippen LogP contribution >= 0.6 is 0 Å². The Balaban J connectivity index is 1.87. The first-order chi connectivity index (χ1) is 7.34. The molecule has 1 aromatic rings. The lowest BCUT2D eigenvalue weighted by atomic mass is 9.85. The highest BCUT2D eigenvalue weighted by Gasteiger charge is 2.33. The Morgan fingerprint density at radius 2 is 2.47 bits per heavy atom. The van der Waals surface area contributed by atoms with Gasteiger partial charge in [0.25, 0.3) is 0 Å². The number of nitrogens with zero attached hydrogens (tertiary/aromatic N) is 1. The summed E-state index contributed by atoms with van der Waals surface area (Å²) in [4.78, 5) is 0. The highest BCUT2D eigenvalue weighted by atomic mass is 16.5. The Labute approximate surface area is 89.5 Å². The molecule has 1 aromatic heterocycles. The fraction of sp³-hybridized carbons (Fsp3) is 0.583. The Morgan fingerprint density at radius 1 is 1.53 bits per heavy atom. The van der Waals surface area contributed by atoms with Crippen molar-refractivity contribution in [2.45, 2.75) is 19.8 Å². The van der Waals surface area contributed by atoms with Gasteiger partial charge >= 0.3 is 0 Å². The zero-order valence-corrected chi connectivity index (χ0v) is 8.99. The Morgan fingerprint density at radius 3 is 3.27 bits per heavy atom. The first kappa shape index (κ1) is 9.16. The van der Waals surface area contributed by atoms with Crippen molar-refractivity contribution in [3.8, 4) is 0 Å². The van der Waals surface area contributed by atoms with Crippen molar-refractivity contribution in [3.05, 3.63) is 23.6 Å². The maximum atomic E-state index is 5.35. The van der Waals surface area contributed by atoms with Gasteiger partial charge in [0.15, 0.2) is 5.76 Å². The number of piperidine rings is 1. The van der Waals surface area contributed by atoms with Gasteiger partial charge in [-0.15, -0.1) is 0 Å². The second kappa shape index (κ2) is 3.49. The monoisotopic (exact) mass is 204 g/mol. The van der Waals surface area contributed by atoms with Crippen molar-refractivity contribution in [2.75, 3.05) is 13.1 Å². The van der Waals surface area contributed by atoms with E-state index in [1.54, 1.807) is 0 Å². The summed E-state index contributed by atoms with van der Waals surface area (Å²) in [6.45, 7) is 4.23. The largest absolute Gasteiger partial charge is 0.356 e. The second-order valence-electron chi connectivity index (χ2n) is 4.59. The molecule has 80 valence electrons. The highest BCUT2D eigenvalue weighted by Crippen LogP contribution is 2.40. The van der Waals surface area contributed by atoms with Crippen LogP contribution in [0.25, 0.3) is 5.57 Å². The van der Waals surface area contributed by atoms with Crippen LogP contribution in [0.3, 0.4) is 0 Å². The van der Waals surface area contributed by atoms with Crippen LogP contribution in [0.15, 0.2) is 16.7 Å².